The van der Waals surface area contributed by atoms with Crippen molar-refractivity contribution in [3.63, 3.8) is 0 Å². The molecule has 5 nitrogen and oxygen atoms in total. The van der Waals surface area contributed by atoms with Crippen molar-refractivity contribution in [1.29, 1.82) is 0 Å². The summed E-state index contributed by atoms with van der Waals surface area (Å²) in [5, 5.41) is 9.20. The standard InChI is InChI=1S/C11H21NO4/c1-5-8(2)9(10(13)14)12-6-11(7-12,15-3)16-4/h8-9H,5-7H2,1-4H3,(H,13,14). The molecule has 1 aliphatic rings. The van der Waals surface area contributed by atoms with E-state index < -0.39 is 17.8 Å². The van der Waals surface area contributed by atoms with Crippen molar-refractivity contribution >= 4 is 5.97 Å². The van der Waals surface area contributed by atoms with Crippen molar-refractivity contribution in [2.45, 2.75) is 32.1 Å². The minimum Gasteiger partial charge on any atom is -0.480 e. The first-order chi connectivity index (χ1) is 7.49. The fourth-order valence-corrected chi connectivity index (χ4v) is 2.09. The Kier molecular flexibility index (Phi) is 4.29. The summed E-state index contributed by atoms with van der Waals surface area (Å²) < 4.78 is 10.5. The lowest BCUT2D eigenvalue weighted by atomic mass is 9.93. The molecule has 0 aromatic carbocycles. The maximum Gasteiger partial charge on any atom is 0.321 e. The molecule has 5 heteroatoms. The van der Waals surface area contributed by atoms with Crippen LogP contribution in [-0.2, 0) is 14.3 Å². The molecule has 1 saturated heterocycles. The summed E-state index contributed by atoms with van der Waals surface area (Å²) in [7, 11) is 3.17. The lowest BCUT2D eigenvalue weighted by Gasteiger charge is -2.50. The monoisotopic (exact) mass is 231 g/mol. The number of carboxylic acid groups (broad SMARTS) is 1. The van der Waals surface area contributed by atoms with Crippen molar-refractivity contribution in [2.75, 3.05) is 27.3 Å². The summed E-state index contributed by atoms with van der Waals surface area (Å²) in [6, 6.07) is -0.441. The van der Waals surface area contributed by atoms with Crippen molar-refractivity contribution in [3.05, 3.63) is 0 Å². The molecule has 1 fully saturated rings. The van der Waals surface area contributed by atoms with Crippen LogP contribution < -0.4 is 0 Å². The SMILES string of the molecule is CCC(C)C(C(=O)O)N1CC(OC)(OC)C1. The van der Waals surface area contributed by atoms with E-state index in [1.165, 1.54) is 0 Å². The highest BCUT2D eigenvalue weighted by Gasteiger charge is 2.49. The molecule has 1 aliphatic heterocycles. The molecule has 0 aliphatic carbocycles. The fourth-order valence-electron chi connectivity index (χ4n) is 2.09. The normalized spacial score (nSPS) is 23.5. The Morgan fingerprint density at radius 1 is 1.44 bits per heavy atom. The van der Waals surface area contributed by atoms with Gasteiger partial charge in [-0.2, -0.15) is 0 Å². The molecule has 1 N–H and O–H groups in total. The van der Waals surface area contributed by atoms with Crippen LogP contribution in [0.2, 0.25) is 0 Å². The van der Waals surface area contributed by atoms with E-state index in [-0.39, 0.29) is 5.92 Å². The minimum absolute atomic E-state index is 0.129. The molecule has 0 bridgehead atoms. The van der Waals surface area contributed by atoms with Gasteiger partial charge in [-0.1, -0.05) is 20.3 Å². The van der Waals surface area contributed by atoms with E-state index in [2.05, 4.69) is 0 Å². The molecule has 0 saturated carbocycles. The van der Waals surface area contributed by atoms with Crippen LogP contribution in [0.15, 0.2) is 0 Å². The van der Waals surface area contributed by atoms with Crippen LogP contribution in [0.25, 0.3) is 0 Å². The van der Waals surface area contributed by atoms with Gasteiger partial charge in [-0.15, -0.1) is 0 Å². The van der Waals surface area contributed by atoms with Crippen LogP contribution >= 0.6 is 0 Å². The molecule has 0 spiro atoms. The zero-order valence-corrected chi connectivity index (χ0v) is 10.4. The van der Waals surface area contributed by atoms with Gasteiger partial charge in [-0.25, -0.2) is 0 Å². The molecule has 2 atom stereocenters. The number of hydrogen-bond donors (Lipinski definition) is 1. The van der Waals surface area contributed by atoms with E-state index in [0.29, 0.717) is 13.1 Å². The third-order valence-corrected chi connectivity index (χ3v) is 3.46. The summed E-state index contributed by atoms with van der Waals surface area (Å²) >= 11 is 0. The van der Waals surface area contributed by atoms with Gasteiger partial charge in [0.1, 0.15) is 6.04 Å². The fraction of sp³-hybridized carbons (Fsp3) is 0.909. The number of carbonyl (C=O) groups is 1. The molecule has 16 heavy (non-hydrogen) atoms. The average molecular weight is 231 g/mol. The highest BCUT2D eigenvalue weighted by atomic mass is 16.7. The number of carboxylic acids is 1. The number of aliphatic carboxylic acids is 1. The molecule has 94 valence electrons. The van der Waals surface area contributed by atoms with Crippen LogP contribution in [0.5, 0.6) is 0 Å². The van der Waals surface area contributed by atoms with Gasteiger partial charge in [0.05, 0.1) is 13.1 Å². The molecule has 0 amide bonds. The van der Waals surface area contributed by atoms with E-state index in [9.17, 15) is 9.90 Å². The van der Waals surface area contributed by atoms with E-state index in [4.69, 9.17) is 9.47 Å². The van der Waals surface area contributed by atoms with Gasteiger partial charge in [-0.05, 0) is 5.92 Å². The zero-order valence-electron chi connectivity index (χ0n) is 10.4. The summed E-state index contributed by atoms with van der Waals surface area (Å²) in [5.41, 5.74) is 0. The zero-order chi connectivity index (χ0) is 12.3. The summed E-state index contributed by atoms with van der Waals surface area (Å²) in [4.78, 5) is 13.1. The second-order valence-electron chi connectivity index (χ2n) is 4.39. The molecule has 1 heterocycles. The molecule has 2 unspecified atom stereocenters. The number of methoxy groups -OCH3 is 2. The lowest BCUT2D eigenvalue weighted by Crippen LogP contribution is -2.68. The Balaban J connectivity index is 2.62. The largest absolute Gasteiger partial charge is 0.480 e. The predicted molar refractivity (Wildman–Crippen MR) is 59.2 cm³/mol. The van der Waals surface area contributed by atoms with Crippen molar-refractivity contribution in [3.8, 4) is 0 Å². The smallest absolute Gasteiger partial charge is 0.321 e. The van der Waals surface area contributed by atoms with Crippen LogP contribution in [0.4, 0.5) is 0 Å². The van der Waals surface area contributed by atoms with Gasteiger partial charge in [0.15, 0.2) is 5.79 Å². The highest BCUT2D eigenvalue weighted by molar-refractivity contribution is 5.74. The van der Waals surface area contributed by atoms with Gasteiger partial charge < -0.3 is 14.6 Å². The molecular weight excluding hydrogens is 210 g/mol. The summed E-state index contributed by atoms with van der Waals surface area (Å²) in [5.74, 6) is -1.25. The number of ether oxygens (including phenoxy) is 2. The van der Waals surface area contributed by atoms with Crippen LogP contribution in [-0.4, -0.2) is 55.1 Å². The third kappa shape index (κ3) is 2.36. The Hall–Kier alpha value is -0.650. The van der Waals surface area contributed by atoms with E-state index in [1.807, 2.05) is 18.7 Å². The van der Waals surface area contributed by atoms with Crippen molar-refractivity contribution < 1.29 is 19.4 Å². The van der Waals surface area contributed by atoms with Gasteiger partial charge in [0.2, 0.25) is 0 Å². The Morgan fingerprint density at radius 2 is 1.94 bits per heavy atom. The molecule has 1 rings (SSSR count). The number of rotatable bonds is 6. The Morgan fingerprint density at radius 3 is 2.25 bits per heavy atom. The van der Waals surface area contributed by atoms with Crippen LogP contribution in [0, 0.1) is 5.92 Å². The first-order valence-corrected chi connectivity index (χ1v) is 5.56. The van der Waals surface area contributed by atoms with E-state index >= 15 is 0 Å². The van der Waals surface area contributed by atoms with Gasteiger partial charge in [-0.3, -0.25) is 9.69 Å². The first-order valence-electron chi connectivity index (χ1n) is 5.56. The second kappa shape index (κ2) is 5.12. The average Bonchev–Trinajstić information content (AvgIpc) is 2.21. The van der Waals surface area contributed by atoms with Gasteiger partial charge in [0, 0.05) is 14.2 Å². The quantitative estimate of drug-likeness (QED) is 0.685. The molecule has 0 aromatic heterocycles. The van der Waals surface area contributed by atoms with Crippen molar-refractivity contribution in [1.82, 2.24) is 4.90 Å². The van der Waals surface area contributed by atoms with E-state index in [0.717, 1.165) is 6.42 Å². The second-order valence-corrected chi connectivity index (χ2v) is 4.39. The van der Waals surface area contributed by atoms with Crippen molar-refractivity contribution in [2.24, 2.45) is 5.92 Å². The summed E-state index contributed by atoms with van der Waals surface area (Å²) in [6.45, 7) is 4.99. The Labute approximate surface area is 96.3 Å². The third-order valence-electron chi connectivity index (χ3n) is 3.46. The number of nitrogens with zero attached hydrogens (tertiary/aromatic N) is 1. The maximum atomic E-state index is 11.2. The highest BCUT2D eigenvalue weighted by Crippen LogP contribution is 2.30. The number of likely N-dealkylation sites (tertiary alicyclic amines) is 1. The van der Waals surface area contributed by atoms with Gasteiger partial charge in [0.25, 0.3) is 0 Å². The maximum absolute atomic E-state index is 11.2. The molecular formula is C11H21NO4. The Bertz CT molecular complexity index is 244. The summed E-state index contributed by atoms with van der Waals surface area (Å²) in [6.07, 6.45) is 0.848. The molecule has 0 aromatic rings. The van der Waals surface area contributed by atoms with Crippen LogP contribution in [0.3, 0.4) is 0 Å². The van der Waals surface area contributed by atoms with Gasteiger partial charge >= 0.3 is 5.97 Å². The van der Waals surface area contributed by atoms with E-state index in [1.54, 1.807) is 14.2 Å². The first kappa shape index (κ1) is 13.4. The lowest BCUT2D eigenvalue weighted by molar-refractivity contribution is -0.283. The molecule has 0 radical (unpaired) electrons. The predicted octanol–water partition coefficient (Wildman–Crippen LogP) is 0.790. The minimum atomic E-state index is -0.768. The topological polar surface area (TPSA) is 59.0 Å². The number of hydrogen-bond acceptors (Lipinski definition) is 4. The van der Waals surface area contributed by atoms with Crippen LogP contribution in [0.1, 0.15) is 20.3 Å².